The Bertz CT molecular complexity index is 1880. The van der Waals surface area contributed by atoms with E-state index in [1.54, 1.807) is 6.20 Å². The minimum Gasteiger partial charge on any atom is -0.368 e. The molecule has 244 valence electrons. The lowest BCUT2D eigenvalue weighted by atomic mass is 9.87. The lowest BCUT2D eigenvalue weighted by Gasteiger charge is -2.48. The molecule has 12 heteroatoms. The summed E-state index contributed by atoms with van der Waals surface area (Å²) in [5.41, 5.74) is 3.05. The highest BCUT2D eigenvalue weighted by Crippen LogP contribution is 2.45. The Balaban J connectivity index is 1.13. The first-order valence-corrected chi connectivity index (χ1v) is 18.8. The molecule has 46 heavy (non-hydrogen) atoms. The molecule has 2 saturated heterocycles. The summed E-state index contributed by atoms with van der Waals surface area (Å²) in [6.45, 7) is 9.48. The monoisotopic (exact) mass is 662 g/mol. The molecule has 1 aromatic carbocycles. The highest BCUT2D eigenvalue weighted by molar-refractivity contribution is 7.90. The fourth-order valence-corrected chi connectivity index (χ4v) is 9.39. The number of benzene rings is 1. The van der Waals surface area contributed by atoms with Gasteiger partial charge in [0.05, 0.1) is 17.4 Å². The lowest BCUT2D eigenvalue weighted by molar-refractivity contribution is 0.141. The minimum absolute atomic E-state index is 0.126. The van der Waals surface area contributed by atoms with E-state index < -0.39 is 9.84 Å². The second-order valence-corrected chi connectivity index (χ2v) is 16.6. The van der Waals surface area contributed by atoms with E-state index in [2.05, 4.69) is 70.8 Å². The first-order valence-electron chi connectivity index (χ1n) is 16.4. The average molecular weight is 663 g/mol. The van der Waals surface area contributed by atoms with Crippen LogP contribution in [0.5, 0.6) is 0 Å². The van der Waals surface area contributed by atoms with Gasteiger partial charge in [-0.1, -0.05) is 31.5 Å². The van der Waals surface area contributed by atoms with Gasteiger partial charge in [0.1, 0.15) is 21.5 Å². The molecule has 0 spiro atoms. The van der Waals surface area contributed by atoms with Crippen molar-refractivity contribution >= 4 is 49.5 Å². The molecule has 0 amide bonds. The van der Waals surface area contributed by atoms with Crippen LogP contribution in [0.4, 0.5) is 17.3 Å². The van der Waals surface area contributed by atoms with Gasteiger partial charge in [0.2, 0.25) is 0 Å². The van der Waals surface area contributed by atoms with Crippen molar-refractivity contribution in [2.75, 3.05) is 48.9 Å². The van der Waals surface area contributed by atoms with Gasteiger partial charge < -0.3 is 15.1 Å². The zero-order chi connectivity index (χ0) is 32.3. The standard InChI is InChI=1S/C34H43ClN8O2S/c1-20(2)24-7-9-29(42-17-23(21(42)3)19-46(5,44)45)27-15-37-32(14-26(24)27)38-31-10-12-36-34(39-31)28-18-43(40-33(28)35)30-8-6-22-16-41(4)13-11-25(22)30/h7,9-10,12,14-15,18,20-23,25,30H,6,8,11,13,16-17,19H2,1-5H3,(H,36,37,38,39)/t21-,22?,23-,25?,30?/m1/s1. The maximum Gasteiger partial charge on any atom is 0.166 e. The van der Waals surface area contributed by atoms with E-state index in [1.165, 1.54) is 24.7 Å². The molecule has 1 aliphatic carbocycles. The number of anilines is 3. The van der Waals surface area contributed by atoms with Crippen LogP contribution in [0.3, 0.4) is 0 Å². The minimum atomic E-state index is -3.02. The molecule has 1 N–H and O–H groups in total. The number of rotatable bonds is 8. The van der Waals surface area contributed by atoms with Crippen molar-refractivity contribution in [3.63, 3.8) is 0 Å². The predicted molar refractivity (Wildman–Crippen MR) is 185 cm³/mol. The largest absolute Gasteiger partial charge is 0.368 e. The first-order chi connectivity index (χ1) is 21.9. The topological polar surface area (TPSA) is 109 Å². The molecular formula is C34H43ClN8O2S. The Labute approximate surface area is 276 Å². The van der Waals surface area contributed by atoms with Crippen LogP contribution in [0.2, 0.25) is 5.15 Å². The molecule has 0 bridgehead atoms. The maximum atomic E-state index is 11.9. The zero-order valence-corrected chi connectivity index (χ0v) is 28.8. The van der Waals surface area contributed by atoms with Gasteiger partial charge in [0, 0.05) is 61.0 Å². The third-order valence-electron chi connectivity index (χ3n) is 10.5. The number of hydrogen-bond donors (Lipinski definition) is 1. The lowest BCUT2D eigenvalue weighted by Crippen LogP contribution is -2.57. The summed E-state index contributed by atoms with van der Waals surface area (Å²) >= 11 is 6.70. The summed E-state index contributed by atoms with van der Waals surface area (Å²) in [6.07, 6.45) is 10.5. The molecule has 3 fully saturated rings. The Hall–Kier alpha value is -3.28. The maximum absolute atomic E-state index is 11.9. The van der Waals surface area contributed by atoms with E-state index >= 15 is 0 Å². The number of halogens is 1. The van der Waals surface area contributed by atoms with E-state index in [9.17, 15) is 8.42 Å². The van der Waals surface area contributed by atoms with Gasteiger partial charge >= 0.3 is 0 Å². The third-order valence-corrected chi connectivity index (χ3v) is 11.8. The molecule has 0 radical (unpaired) electrons. The summed E-state index contributed by atoms with van der Waals surface area (Å²) in [4.78, 5) is 18.9. The van der Waals surface area contributed by atoms with Crippen LogP contribution in [0, 0.1) is 17.8 Å². The van der Waals surface area contributed by atoms with Crippen molar-refractivity contribution < 1.29 is 8.42 Å². The molecule has 1 saturated carbocycles. The summed E-state index contributed by atoms with van der Waals surface area (Å²) in [7, 11) is -0.807. The number of likely N-dealkylation sites (tertiary alicyclic amines) is 1. The highest BCUT2D eigenvalue weighted by Gasteiger charge is 2.41. The van der Waals surface area contributed by atoms with E-state index in [1.807, 2.05) is 18.5 Å². The van der Waals surface area contributed by atoms with Gasteiger partial charge in [0.25, 0.3) is 0 Å². The van der Waals surface area contributed by atoms with Crippen LogP contribution < -0.4 is 10.2 Å². The van der Waals surface area contributed by atoms with Gasteiger partial charge in [-0.05, 0) is 86.7 Å². The molecule has 5 heterocycles. The molecular weight excluding hydrogens is 620 g/mol. The van der Waals surface area contributed by atoms with E-state index in [4.69, 9.17) is 26.7 Å². The fraction of sp³-hybridized carbons (Fsp3) is 0.529. The molecule has 4 aromatic rings. The number of aromatic nitrogens is 5. The van der Waals surface area contributed by atoms with Crippen LogP contribution >= 0.6 is 11.6 Å². The zero-order valence-electron chi connectivity index (χ0n) is 27.2. The first kappa shape index (κ1) is 31.3. The van der Waals surface area contributed by atoms with Crippen LogP contribution in [-0.4, -0.2) is 82.8 Å². The van der Waals surface area contributed by atoms with Gasteiger partial charge in [-0.15, -0.1) is 0 Å². The molecule has 10 nitrogen and oxygen atoms in total. The third kappa shape index (κ3) is 5.97. The SMILES string of the molecule is CC(C)c1ccc(N2C[C@H](CS(C)(=O)=O)[C@H]2C)c2cnc(Nc3ccnc(-c4cn(C5CCC6CN(C)CCC65)nc4Cl)n3)cc12. The number of piperidine rings is 1. The molecule has 3 unspecified atom stereocenters. The number of fused-ring (bicyclic) bond motifs is 2. The Morgan fingerprint density at radius 3 is 2.65 bits per heavy atom. The van der Waals surface area contributed by atoms with E-state index in [-0.39, 0.29) is 17.7 Å². The van der Waals surface area contributed by atoms with E-state index in [0.29, 0.717) is 53.0 Å². The van der Waals surface area contributed by atoms with Gasteiger partial charge in [-0.2, -0.15) is 5.10 Å². The Morgan fingerprint density at radius 2 is 1.89 bits per heavy atom. The normalized spacial score (nSPS) is 25.2. The average Bonchev–Trinajstić information content (AvgIpc) is 3.60. The number of pyridine rings is 1. The Kier molecular flexibility index (Phi) is 8.22. The summed E-state index contributed by atoms with van der Waals surface area (Å²) in [5, 5.41) is 10.7. The second kappa shape index (κ2) is 12.1. The number of nitrogens with one attached hydrogen (secondary N) is 1. The van der Waals surface area contributed by atoms with Crippen molar-refractivity contribution in [1.29, 1.82) is 0 Å². The van der Waals surface area contributed by atoms with Crippen molar-refractivity contribution in [1.82, 2.24) is 29.6 Å². The van der Waals surface area contributed by atoms with Crippen molar-refractivity contribution in [2.45, 2.75) is 58.0 Å². The Morgan fingerprint density at radius 1 is 1.07 bits per heavy atom. The van der Waals surface area contributed by atoms with Gasteiger partial charge in [-0.3, -0.25) is 4.68 Å². The second-order valence-electron chi connectivity index (χ2n) is 14.0. The van der Waals surface area contributed by atoms with Crippen LogP contribution in [-0.2, 0) is 9.84 Å². The summed E-state index contributed by atoms with van der Waals surface area (Å²) < 4.78 is 25.9. The van der Waals surface area contributed by atoms with Gasteiger partial charge in [0.15, 0.2) is 11.0 Å². The van der Waals surface area contributed by atoms with Gasteiger partial charge in [-0.25, -0.2) is 23.4 Å². The van der Waals surface area contributed by atoms with Crippen molar-refractivity contribution in [3.8, 4) is 11.4 Å². The number of nitrogens with zero attached hydrogens (tertiary/aromatic N) is 7. The summed E-state index contributed by atoms with van der Waals surface area (Å²) in [5.74, 6) is 3.83. The molecule has 7 rings (SSSR count). The molecule has 3 aromatic heterocycles. The fourth-order valence-electron chi connectivity index (χ4n) is 8.01. The smallest absolute Gasteiger partial charge is 0.166 e. The summed E-state index contributed by atoms with van der Waals surface area (Å²) in [6, 6.07) is 8.74. The quantitative estimate of drug-likeness (QED) is 0.237. The number of sulfone groups is 1. The van der Waals surface area contributed by atoms with Crippen LogP contribution in [0.15, 0.2) is 42.9 Å². The van der Waals surface area contributed by atoms with Crippen LogP contribution in [0.25, 0.3) is 22.2 Å². The molecule has 3 aliphatic rings. The highest BCUT2D eigenvalue weighted by atomic mass is 35.5. The van der Waals surface area contributed by atoms with Crippen LogP contribution in [0.1, 0.15) is 57.6 Å². The predicted octanol–water partition coefficient (Wildman–Crippen LogP) is 6.18. The van der Waals surface area contributed by atoms with E-state index in [0.717, 1.165) is 41.5 Å². The molecule has 2 aliphatic heterocycles. The van der Waals surface area contributed by atoms with Crippen molar-refractivity contribution in [3.05, 3.63) is 53.6 Å². The molecule has 5 atom stereocenters. The number of hydrogen-bond acceptors (Lipinski definition) is 9. The van der Waals surface area contributed by atoms with Crippen molar-refractivity contribution in [2.24, 2.45) is 17.8 Å².